The van der Waals surface area contributed by atoms with E-state index in [0.29, 0.717) is 23.1 Å². The van der Waals surface area contributed by atoms with Crippen molar-refractivity contribution in [2.75, 3.05) is 6.54 Å². The summed E-state index contributed by atoms with van der Waals surface area (Å²) in [6.45, 7) is 2.88. The van der Waals surface area contributed by atoms with Crippen molar-refractivity contribution in [2.24, 2.45) is 5.73 Å². The van der Waals surface area contributed by atoms with Gasteiger partial charge in [0.15, 0.2) is 0 Å². The zero-order chi connectivity index (χ0) is 17.1. The van der Waals surface area contributed by atoms with Gasteiger partial charge in [0.2, 0.25) is 0 Å². The van der Waals surface area contributed by atoms with E-state index >= 15 is 0 Å². The van der Waals surface area contributed by atoms with E-state index in [1.807, 2.05) is 17.7 Å². The maximum atomic E-state index is 13.8. The molecule has 0 saturated heterocycles. The van der Waals surface area contributed by atoms with Crippen molar-refractivity contribution in [1.82, 2.24) is 19.3 Å². The molecule has 0 amide bonds. The van der Waals surface area contributed by atoms with Gasteiger partial charge in [-0.2, -0.15) is 10.4 Å². The molecule has 2 heterocycles. The molecule has 3 rings (SSSR count). The van der Waals surface area contributed by atoms with Gasteiger partial charge in [0.05, 0.1) is 41.2 Å². The van der Waals surface area contributed by atoms with E-state index in [4.69, 9.17) is 5.73 Å². The smallest absolute Gasteiger partial charge is 0.117 e. The normalized spacial score (nSPS) is 11.4. The minimum Gasteiger partial charge on any atom is -0.327 e. The van der Waals surface area contributed by atoms with Crippen LogP contribution in [0.15, 0.2) is 42.6 Å². The molecule has 25 heavy (non-hydrogen) atoms. The summed E-state index contributed by atoms with van der Waals surface area (Å²) in [6, 6.07) is 7.54. The fourth-order valence-corrected chi connectivity index (χ4v) is 2.72. The van der Waals surface area contributed by atoms with Crippen molar-refractivity contribution in [1.29, 1.82) is 5.26 Å². The van der Waals surface area contributed by atoms with Crippen LogP contribution in [-0.4, -0.2) is 25.9 Å². The summed E-state index contributed by atoms with van der Waals surface area (Å²) in [6.07, 6.45) is 4.61. The van der Waals surface area contributed by atoms with Crippen LogP contribution in [0.4, 0.5) is 4.39 Å². The number of benzene rings is 1. The molecule has 130 valence electrons. The molecule has 3 aromatic rings. The fourth-order valence-electron chi connectivity index (χ4n) is 2.72. The predicted molar refractivity (Wildman–Crippen MR) is 96.8 cm³/mol. The van der Waals surface area contributed by atoms with Gasteiger partial charge in [0.25, 0.3) is 0 Å². The van der Waals surface area contributed by atoms with E-state index in [1.165, 1.54) is 6.08 Å². The van der Waals surface area contributed by atoms with Gasteiger partial charge >= 0.3 is 0 Å². The molecule has 2 N–H and O–H groups in total. The maximum Gasteiger partial charge on any atom is 0.117 e. The lowest BCUT2D eigenvalue weighted by atomic mass is 10.1. The number of halogens is 2. The third-order valence-electron chi connectivity index (χ3n) is 3.81. The van der Waals surface area contributed by atoms with E-state index in [-0.39, 0.29) is 31.3 Å². The standard InChI is InChI=1S/C17H17FN6.ClH/c1-2-24-15(4-6-22-24)14-7-12(9-20)8-16-17(14)21-11-23(16)10-13(18)3-5-19;/h3-4,6-8,11H,2,5,10,19H2,1H3;1H. The van der Waals surface area contributed by atoms with Crippen molar-refractivity contribution in [3.05, 3.63) is 48.2 Å². The molecular weight excluding hydrogens is 343 g/mol. The van der Waals surface area contributed by atoms with Gasteiger partial charge in [-0.05, 0) is 31.2 Å². The lowest BCUT2D eigenvalue weighted by Gasteiger charge is -2.08. The molecule has 0 spiro atoms. The zero-order valence-corrected chi connectivity index (χ0v) is 14.5. The molecule has 0 radical (unpaired) electrons. The highest BCUT2D eigenvalue weighted by atomic mass is 35.5. The van der Waals surface area contributed by atoms with Gasteiger partial charge in [-0.1, -0.05) is 0 Å². The van der Waals surface area contributed by atoms with Crippen LogP contribution in [-0.2, 0) is 13.1 Å². The topological polar surface area (TPSA) is 85.5 Å². The second-order valence-electron chi connectivity index (χ2n) is 5.29. The van der Waals surface area contributed by atoms with E-state index in [1.54, 1.807) is 29.2 Å². The molecule has 6 nitrogen and oxygen atoms in total. The van der Waals surface area contributed by atoms with Crippen molar-refractivity contribution < 1.29 is 4.39 Å². The van der Waals surface area contributed by atoms with Gasteiger partial charge in [-0.3, -0.25) is 4.68 Å². The van der Waals surface area contributed by atoms with Crippen LogP contribution in [0.25, 0.3) is 22.3 Å². The van der Waals surface area contributed by atoms with Crippen molar-refractivity contribution in [2.45, 2.75) is 20.0 Å². The van der Waals surface area contributed by atoms with Gasteiger partial charge in [-0.15, -0.1) is 12.4 Å². The van der Waals surface area contributed by atoms with Crippen LogP contribution in [0.2, 0.25) is 0 Å². The average molecular weight is 361 g/mol. The number of hydrogen-bond donors (Lipinski definition) is 1. The molecule has 0 atom stereocenters. The van der Waals surface area contributed by atoms with E-state index in [9.17, 15) is 9.65 Å². The maximum absolute atomic E-state index is 13.8. The highest BCUT2D eigenvalue weighted by Crippen LogP contribution is 2.29. The number of aryl methyl sites for hydroxylation is 1. The average Bonchev–Trinajstić information content (AvgIpc) is 3.21. The minimum absolute atomic E-state index is 0. The highest BCUT2D eigenvalue weighted by molar-refractivity contribution is 5.92. The molecule has 2 aromatic heterocycles. The lowest BCUT2D eigenvalue weighted by molar-refractivity contribution is 0.558. The number of rotatable bonds is 5. The number of nitriles is 1. The van der Waals surface area contributed by atoms with Gasteiger partial charge < -0.3 is 10.3 Å². The third-order valence-corrected chi connectivity index (χ3v) is 3.81. The van der Waals surface area contributed by atoms with E-state index in [0.717, 1.165) is 11.3 Å². The summed E-state index contributed by atoms with van der Waals surface area (Å²) in [5.74, 6) is -0.334. The SMILES string of the molecule is CCn1nccc1-c1cc(C#N)cc2c1ncn2CC(F)=CCN.Cl. The molecule has 0 saturated carbocycles. The lowest BCUT2D eigenvalue weighted by Crippen LogP contribution is -2.01. The predicted octanol–water partition coefficient (Wildman–Crippen LogP) is 3.03. The molecule has 0 aliphatic rings. The summed E-state index contributed by atoms with van der Waals surface area (Å²) in [7, 11) is 0. The molecule has 0 bridgehead atoms. The highest BCUT2D eigenvalue weighted by Gasteiger charge is 2.15. The van der Waals surface area contributed by atoms with Crippen LogP contribution in [0.1, 0.15) is 12.5 Å². The van der Waals surface area contributed by atoms with Crippen LogP contribution >= 0.6 is 12.4 Å². The summed E-state index contributed by atoms with van der Waals surface area (Å²) >= 11 is 0. The Morgan fingerprint density at radius 1 is 1.44 bits per heavy atom. The van der Waals surface area contributed by atoms with Gasteiger partial charge in [-0.25, -0.2) is 9.37 Å². The Morgan fingerprint density at radius 3 is 2.92 bits per heavy atom. The Kier molecular flexibility index (Phi) is 5.91. The monoisotopic (exact) mass is 360 g/mol. The number of hydrogen-bond acceptors (Lipinski definition) is 4. The van der Waals surface area contributed by atoms with E-state index in [2.05, 4.69) is 16.2 Å². The Morgan fingerprint density at radius 2 is 2.24 bits per heavy atom. The molecule has 0 aliphatic carbocycles. The van der Waals surface area contributed by atoms with Crippen LogP contribution in [0, 0.1) is 11.3 Å². The minimum atomic E-state index is -0.334. The zero-order valence-electron chi connectivity index (χ0n) is 13.7. The van der Waals surface area contributed by atoms with Gasteiger partial charge in [0.1, 0.15) is 5.83 Å². The Labute approximate surface area is 150 Å². The number of nitrogens with zero attached hydrogens (tertiary/aromatic N) is 5. The molecule has 0 fully saturated rings. The second kappa shape index (κ2) is 7.92. The number of fused-ring (bicyclic) bond motifs is 1. The first-order valence-corrected chi connectivity index (χ1v) is 7.63. The molecule has 1 aromatic carbocycles. The quantitative estimate of drug-likeness (QED) is 0.757. The summed E-state index contributed by atoms with van der Waals surface area (Å²) in [5, 5.41) is 13.6. The van der Waals surface area contributed by atoms with Gasteiger partial charge in [0, 0.05) is 24.8 Å². The van der Waals surface area contributed by atoms with E-state index < -0.39 is 0 Å². The molecule has 0 unspecified atom stereocenters. The fraction of sp³-hybridized carbons (Fsp3) is 0.235. The number of allylic oxidation sites excluding steroid dienone is 1. The van der Waals surface area contributed by atoms with Crippen molar-refractivity contribution >= 4 is 23.4 Å². The molecular formula is C17H18ClFN6. The summed E-state index contributed by atoms with van der Waals surface area (Å²) in [4.78, 5) is 4.43. The Hall–Kier alpha value is -2.69. The number of nitrogens with two attached hydrogens (primary N) is 1. The first kappa shape index (κ1) is 18.6. The first-order chi connectivity index (χ1) is 11.7. The van der Waals surface area contributed by atoms with Crippen molar-refractivity contribution in [3.8, 4) is 17.3 Å². The second-order valence-corrected chi connectivity index (χ2v) is 5.29. The Balaban J connectivity index is 0.00000225. The molecule has 8 heteroatoms. The number of aromatic nitrogens is 4. The summed E-state index contributed by atoms with van der Waals surface area (Å²) < 4.78 is 17.3. The molecule has 0 aliphatic heterocycles. The van der Waals surface area contributed by atoms with Crippen LogP contribution in [0.3, 0.4) is 0 Å². The van der Waals surface area contributed by atoms with Crippen LogP contribution in [0.5, 0.6) is 0 Å². The summed E-state index contributed by atoms with van der Waals surface area (Å²) in [5.41, 5.74) is 8.94. The third kappa shape index (κ3) is 3.55. The van der Waals surface area contributed by atoms with Crippen LogP contribution < -0.4 is 5.73 Å². The Bertz CT molecular complexity index is 950. The number of imidazole rings is 1. The first-order valence-electron chi connectivity index (χ1n) is 7.63. The van der Waals surface area contributed by atoms with Crippen molar-refractivity contribution in [3.63, 3.8) is 0 Å². The largest absolute Gasteiger partial charge is 0.327 e.